The molecule has 0 radical (unpaired) electrons. The Labute approximate surface area is 111 Å². The van der Waals surface area contributed by atoms with Gasteiger partial charge < -0.3 is 5.11 Å². The SMILES string of the molecule is Cc1c(C(=O)O)cnn1Cc1cc(F)cc(Br)c1. The lowest BCUT2D eigenvalue weighted by Gasteiger charge is -2.06. The summed E-state index contributed by atoms with van der Waals surface area (Å²) in [7, 11) is 0. The number of aromatic nitrogens is 2. The maximum Gasteiger partial charge on any atom is 0.339 e. The molecule has 1 aromatic heterocycles. The molecule has 0 unspecified atom stereocenters. The Balaban J connectivity index is 2.31. The van der Waals surface area contributed by atoms with E-state index in [2.05, 4.69) is 21.0 Å². The van der Waals surface area contributed by atoms with E-state index in [9.17, 15) is 9.18 Å². The number of aromatic carboxylic acids is 1. The van der Waals surface area contributed by atoms with Crippen LogP contribution in [-0.4, -0.2) is 20.9 Å². The molecule has 0 bridgehead atoms. The molecule has 0 saturated heterocycles. The number of benzene rings is 1. The van der Waals surface area contributed by atoms with Crippen molar-refractivity contribution in [1.29, 1.82) is 0 Å². The summed E-state index contributed by atoms with van der Waals surface area (Å²) < 4.78 is 15.4. The first-order chi connectivity index (χ1) is 8.47. The zero-order chi connectivity index (χ0) is 13.3. The fourth-order valence-corrected chi connectivity index (χ4v) is 2.20. The van der Waals surface area contributed by atoms with Gasteiger partial charge in [0, 0.05) is 4.47 Å². The normalized spacial score (nSPS) is 10.6. The molecule has 2 rings (SSSR count). The van der Waals surface area contributed by atoms with Crippen molar-refractivity contribution >= 4 is 21.9 Å². The lowest BCUT2D eigenvalue weighted by Crippen LogP contribution is -2.06. The van der Waals surface area contributed by atoms with E-state index in [4.69, 9.17) is 5.11 Å². The monoisotopic (exact) mass is 312 g/mol. The standard InChI is InChI=1S/C12H10BrFN2O2/c1-7-11(12(17)18)5-15-16(7)6-8-2-9(13)4-10(14)3-8/h2-5H,6H2,1H3,(H,17,18). The van der Waals surface area contributed by atoms with Crippen LogP contribution in [0.15, 0.2) is 28.9 Å². The van der Waals surface area contributed by atoms with Gasteiger partial charge in [-0.2, -0.15) is 5.10 Å². The summed E-state index contributed by atoms with van der Waals surface area (Å²) in [5.74, 6) is -1.36. The Morgan fingerprint density at radius 2 is 2.22 bits per heavy atom. The van der Waals surface area contributed by atoms with Crippen molar-refractivity contribution in [2.45, 2.75) is 13.5 Å². The van der Waals surface area contributed by atoms with Crippen LogP contribution in [0.4, 0.5) is 4.39 Å². The van der Waals surface area contributed by atoms with Crippen LogP contribution in [0.25, 0.3) is 0 Å². The number of halogens is 2. The van der Waals surface area contributed by atoms with Crippen molar-refractivity contribution in [1.82, 2.24) is 9.78 Å². The molecule has 0 aliphatic carbocycles. The second-order valence-corrected chi connectivity index (χ2v) is 4.80. The number of carboxylic acid groups (broad SMARTS) is 1. The third-order valence-corrected chi connectivity index (χ3v) is 3.05. The van der Waals surface area contributed by atoms with Gasteiger partial charge in [0.1, 0.15) is 11.4 Å². The van der Waals surface area contributed by atoms with Crippen LogP contribution in [0.1, 0.15) is 21.6 Å². The van der Waals surface area contributed by atoms with Crippen LogP contribution >= 0.6 is 15.9 Å². The molecule has 94 valence electrons. The van der Waals surface area contributed by atoms with Crippen molar-refractivity contribution in [3.8, 4) is 0 Å². The van der Waals surface area contributed by atoms with Crippen molar-refractivity contribution in [2.24, 2.45) is 0 Å². The lowest BCUT2D eigenvalue weighted by atomic mass is 10.2. The van der Waals surface area contributed by atoms with E-state index in [0.717, 1.165) is 0 Å². The fourth-order valence-electron chi connectivity index (χ4n) is 1.69. The zero-order valence-corrected chi connectivity index (χ0v) is 11.1. The molecule has 0 atom stereocenters. The number of hydrogen-bond donors (Lipinski definition) is 1. The Kier molecular flexibility index (Phi) is 3.47. The molecular weight excluding hydrogens is 303 g/mol. The summed E-state index contributed by atoms with van der Waals surface area (Å²) in [6.45, 7) is 2.00. The molecule has 0 aliphatic rings. The maximum atomic E-state index is 13.2. The van der Waals surface area contributed by atoms with Gasteiger partial charge >= 0.3 is 5.97 Å². The van der Waals surface area contributed by atoms with Crippen molar-refractivity contribution in [3.05, 3.63) is 51.5 Å². The topological polar surface area (TPSA) is 55.1 Å². The summed E-state index contributed by atoms with van der Waals surface area (Å²) in [4.78, 5) is 10.9. The molecular formula is C12H10BrFN2O2. The highest BCUT2D eigenvalue weighted by Crippen LogP contribution is 2.17. The average molecular weight is 313 g/mol. The zero-order valence-electron chi connectivity index (χ0n) is 9.52. The average Bonchev–Trinajstić information content (AvgIpc) is 2.59. The molecule has 0 saturated carbocycles. The predicted octanol–water partition coefficient (Wildman–Crippen LogP) is 2.84. The summed E-state index contributed by atoms with van der Waals surface area (Å²) in [6, 6.07) is 4.53. The highest BCUT2D eigenvalue weighted by Gasteiger charge is 2.13. The van der Waals surface area contributed by atoms with Crippen LogP contribution < -0.4 is 0 Å². The third kappa shape index (κ3) is 2.59. The second-order valence-electron chi connectivity index (χ2n) is 3.88. The highest BCUT2D eigenvalue weighted by atomic mass is 79.9. The first kappa shape index (κ1) is 12.8. The van der Waals surface area contributed by atoms with Crippen LogP contribution in [0, 0.1) is 12.7 Å². The van der Waals surface area contributed by atoms with E-state index >= 15 is 0 Å². The molecule has 1 heterocycles. The van der Waals surface area contributed by atoms with Crippen LogP contribution in [0.2, 0.25) is 0 Å². The van der Waals surface area contributed by atoms with Gasteiger partial charge in [0.15, 0.2) is 0 Å². The van der Waals surface area contributed by atoms with E-state index in [1.165, 1.54) is 23.0 Å². The first-order valence-electron chi connectivity index (χ1n) is 5.18. The number of carboxylic acids is 1. The summed E-state index contributed by atoms with van der Waals surface area (Å²) in [5.41, 5.74) is 1.42. The summed E-state index contributed by atoms with van der Waals surface area (Å²) >= 11 is 3.21. The van der Waals surface area contributed by atoms with E-state index < -0.39 is 5.97 Å². The van der Waals surface area contributed by atoms with Gasteiger partial charge in [0.05, 0.1) is 18.4 Å². The van der Waals surface area contributed by atoms with Gasteiger partial charge in [0.25, 0.3) is 0 Å². The van der Waals surface area contributed by atoms with Crippen molar-refractivity contribution < 1.29 is 14.3 Å². The third-order valence-electron chi connectivity index (χ3n) is 2.59. The van der Waals surface area contributed by atoms with E-state index in [1.807, 2.05) is 0 Å². The van der Waals surface area contributed by atoms with Crippen molar-refractivity contribution in [3.63, 3.8) is 0 Å². The number of nitrogens with zero attached hydrogens (tertiary/aromatic N) is 2. The predicted molar refractivity (Wildman–Crippen MR) is 67.1 cm³/mol. The molecule has 18 heavy (non-hydrogen) atoms. The minimum Gasteiger partial charge on any atom is -0.478 e. The lowest BCUT2D eigenvalue weighted by molar-refractivity contribution is 0.0696. The number of hydrogen-bond acceptors (Lipinski definition) is 2. The summed E-state index contributed by atoms with van der Waals surface area (Å²) in [6.07, 6.45) is 1.30. The van der Waals surface area contributed by atoms with E-state index in [0.29, 0.717) is 22.3 Å². The fraction of sp³-hybridized carbons (Fsp3) is 0.167. The van der Waals surface area contributed by atoms with Gasteiger partial charge in [-0.15, -0.1) is 0 Å². The van der Waals surface area contributed by atoms with Crippen molar-refractivity contribution in [2.75, 3.05) is 0 Å². The Morgan fingerprint density at radius 1 is 1.50 bits per heavy atom. The van der Waals surface area contributed by atoms with E-state index in [-0.39, 0.29) is 11.4 Å². The molecule has 1 N–H and O–H groups in total. The molecule has 0 spiro atoms. The molecule has 1 aromatic carbocycles. The minimum atomic E-state index is -1.01. The second kappa shape index (κ2) is 4.89. The number of carbonyl (C=O) groups is 1. The van der Waals surface area contributed by atoms with E-state index in [1.54, 1.807) is 13.0 Å². The molecule has 0 amide bonds. The van der Waals surface area contributed by atoms with Gasteiger partial charge in [-0.05, 0) is 30.7 Å². The summed E-state index contributed by atoms with van der Waals surface area (Å²) in [5, 5.41) is 12.9. The molecule has 0 fully saturated rings. The van der Waals surface area contributed by atoms with Gasteiger partial charge in [-0.3, -0.25) is 4.68 Å². The maximum absolute atomic E-state index is 13.2. The Bertz CT molecular complexity index is 590. The smallest absolute Gasteiger partial charge is 0.339 e. The minimum absolute atomic E-state index is 0.158. The van der Waals surface area contributed by atoms with Crippen LogP contribution in [-0.2, 0) is 6.54 Å². The molecule has 4 nitrogen and oxygen atoms in total. The highest BCUT2D eigenvalue weighted by molar-refractivity contribution is 9.10. The first-order valence-corrected chi connectivity index (χ1v) is 5.97. The Morgan fingerprint density at radius 3 is 2.78 bits per heavy atom. The largest absolute Gasteiger partial charge is 0.478 e. The van der Waals surface area contributed by atoms with Gasteiger partial charge in [-0.25, -0.2) is 9.18 Å². The number of rotatable bonds is 3. The Hall–Kier alpha value is -1.69. The quantitative estimate of drug-likeness (QED) is 0.948. The molecule has 6 heteroatoms. The van der Waals surface area contributed by atoms with Gasteiger partial charge in [-0.1, -0.05) is 15.9 Å². The van der Waals surface area contributed by atoms with Gasteiger partial charge in [0.2, 0.25) is 0 Å². The van der Waals surface area contributed by atoms with Crippen LogP contribution in [0.5, 0.6) is 0 Å². The molecule has 2 aromatic rings. The molecule has 0 aliphatic heterocycles. The van der Waals surface area contributed by atoms with Crippen LogP contribution in [0.3, 0.4) is 0 Å².